The van der Waals surface area contributed by atoms with Gasteiger partial charge in [-0.2, -0.15) is 5.26 Å². The monoisotopic (exact) mass is 216 g/mol. The molecule has 13 heavy (non-hydrogen) atoms. The van der Waals surface area contributed by atoms with Crippen LogP contribution in [0.3, 0.4) is 0 Å². The smallest absolute Gasteiger partial charge is 0.235 e. The van der Waals surface area contributed by atoms with Gasteiger partial charge >= 0.3 is 0 Å². The average Bonchev–Trinajstić information content (AvgIpc) is 2.12. The van der Waals surface area contributed by atoms with E-state index in [-0.39, 0.29) is 21.2 Å². The van der Waals surface area contributed by atoms with E-state index in [1.807, 2.05) is 0 Å². The van der Waals surface area contributed by atoms with E-state index < -0.39 is 5.82 Å². The van der Waals surface area contributed by atoms with Gasteiger partial charge in [0.25, 0.3) is 0 Å². The normalized spacial score (nSPS) is 9.38. The third kappa shape index (κ3) is 1.64. The van der Waals surface area contributed by atoms with Crippen molar-refractivity contribution < 1.29 is 9.18 Å². The summed E-state index contributed by atoms with van der Waals surface area (Å²) in [5.74, 6) is -0.860. The largest absolute Gasteiger partial charge is 0.285 e. The Morgan fingerprint density at radius 2 is 2.00 bits per heavy atom. The van der Waals surface area contributed by atoms with Crippen LogP contribution in [-0.2, 0) is 4.79 Å². The molecule has 0 aromatic heterocycles. The maximum Gasteiger partial charge on any atom is 0.235 e. The fraction of sp³-hybridized carbons (Fsp3) is 0. The summed E-state index contributed by atoms with van der Waals surface area (Å²) >= 11 is 11.0. The second-order valence-corrected chi connectivity index (χ2v) is 2.88. The van der Waals surface area contributed by atoms with Crippen LogP contribution in [0, 0.1) is 17.1 Å². The van der Waals surface area contributed by atoms with Crippen molar-refractivity contribution in [3.8, 4) is 6.07 Å². The van der Waals surface area contributed by atoms with E-state index in [0.29, 0.717) is 0 Å². The number of nitrogens with zero attached hydrogens (tertiary/aromatic N) is 1. The summed E-state index contributed by atoms with van der Waals surface area (Å²) in [7, 11) is 0. The van der Waals surface area contributed by atoms with E-state index in [1.54, 1.807) is 6.07 Å². The summed E-state index contributed by atoms with van der Waals surface area (Å²) in [6, 6.07) is 2.43. The predicted octanol–water partition coefficient (Wildman–Crippen LogP) is 2.46. The van der Waals surface area contributed by atoms with Crippen molar-refractivity contribution in [3.05, 3.63) is 33.1 Å². The highest BCUT2D eigenvalue weighted by molar-refractivity contribution is 6.38. The lowest BCUT2D eigenvalue weighted by atomic mass is 10.1. The van der Waals surface area contributed by atoms with Crippen molar-refractivity contribution in [3.63, 3.8) is 0 Å². The van der Waals surface area contributed by atoms with Crippen molar-refractivity contribution in [2.24, 2.45) is 0 Å². The Morgan fingerprint density at radius 1 is 1.38 bits per heavy atom. The minimum atomic E-state index is -0.860. The van der Waals surface area contributed by atoms with Crippen LogP contribution in [0.1, 0.15) is 11.1 Å². The molecule has 0 bridgehead atoms. The molecule has 0 aliphatic rings. The van der Waals surface area contributed by atoms with Gasteiger partial charge in [-0.3, -0.25) is 4.79 Å². The number of nitriles is 1. The highest BCUT2D eigenvalue weighted by Crippen LogP contribution is 2.29. The molecule has 0 aliphatic carbocycles. The number of carbonyl (C=O) groups excluding carboxylic acids is 1. The molecule has 0 unspecified atom stereocenters. The van der Waals surface area contributed by atoms with Gasteiger partial charge in [0, 0.05) is 5.56 Å². The highest BCUT2D eigenvalue weighted by atomic mass is 35.5. The first-order valence-corrected chi connectivity index (χ1v) is 3.83. The Labute approximate surface area is 83.5 Å². The lowest BCUT2D eigenvalue weighted by Gasteiger charge is -2.01. The van der Waals surface area contributed by atoms with Crippen LogP contribution >= 0.6 is 23.2 Å². The lowest BCUT2D eigenvalue weighted by Crippen LogP contribution is -1.92. The van der Waals surface area contributed by atoms with Crippen LogP contribution in [0.5, 0.6) is 0 Å². The zero-order valence-electron chi connectivity index (χ0n) is 6.07. The molecule has 0 saturated heterocycles. The molecule has 0 spiro atoms. The third-order valence-corrected chi connectivity index (χ3v) is 2.14. The highest BCUT2D eigenvalue weighted by Gasteiger charge is 2.15. The van der Waals surface area contributed by atoms with Crippen LogP contribution in [-0.4, -0.2) is 6.29 Å². The SMILES string of the molecule is N#Cc1c(Cl)c(F)cc([C]=O)c1Cl. The molecule has 0 fully saturated rings. The van der Waals surface area contributed by atoms with Gasteiger partial charge in [-0.05, 0) is 6.07 Å². The molecule has 1 aromatic rings. The summed E-state index contributed by atoms with van der Waals surface area (Å²) in [5.41, 5.74) is -0.457. The topological polar surface area (TPSA) is 40.9 Å². The quantitative estimate of drug-likeness (QED) is 0.677. The summed E-state index contributed by atoms with van der Waals surface area (Å²) in [6.07, 6.45) is 1.41. The maximum absolute atomic E-state index is 12.9. The van der Waals surface area contributed by atoms with Crippen molar-refractivity contribution >= 4 is 29.5 Å². The van der Waals surface area contributed by atoms with Crippen molar-refractivity contribution in [2.45, 2.75) is 0 Å². The average molecular weight is 217 g/mol. The first kappa shape index (κ1) is 9.97. The molecule has 0 saturated carbocycles. The van der Waals surface area contributed by atoms with Gasteiger partial charge in [-0.25, -0.2) is 4.39 Å². The second kappa shape index (κ2) is 3.73. The van der Waals surface area contributed by atoms with E-state index in [2.05, 4.69) is 0 Å². The molecule has 65 valence electrons. The predicted molar refractivity (Wildman–Crippen MR) is 45.9 cm³/mol. The molecule has 0 atom stereocenters. The first-order chi connectivity index (χ1) is 6.11. The van der Waals surface area contributed by atoms with Crippen LogP contribution < -0.4 is 0 Å². The Kier molecular flexibility index (Phi) is 2.86. The van der Waals surface area contributed by atoms with Gasteiger partial charge in [-0.15, -0.1) is 0 Å². The molecule has 1 radical (unpaired) electrons. The number of halogens is 3. The minimum absolute atomic E-state index is 0.177. The molecule has 0 heterocycles. The molecule has 1 aromatic carbocycles. The summed E-state index contributed by atoms with van der Waals surface area (Å²) in [6.45, 7) is 0. The van der Waals surface area contributed by atoms with Crippen molar-refractivity contribution in [1.29, 1.82) is 5.26 Å². The maximum atomic E-state index is 12.9. The van der Waals surface area contributed by atoms with Gasteiger partial charge in [0.2, 0.25) is 6.29 Å². The van der Waals surface area contributed by atoms with Crippen molar-refractivity contribution in [2.75, 3.05) is 0 Å². The zero-order valence-corrected chi connectivity index (χ0v) is 7.58. The number of hydrogen-bond donors (Lipinski definition) is 0. The molecule has 0 aliphatic heterocycles. The minimum Gasteiger partial charge on any atom is -0.285 e. The van der Waals surface area contributed by atoms with Crippen LogP contribution in [0.2, 0.25) is 10.0 Å². The van der Waals surface area contributed by atoms with E-state index in [9.17, 15) is 9.18 Å². The molecule has 0 amide bonds. The van der Waals surface area contributed by atoms with Crippen molar-refractivity contribution in [1.82, 2.24) is 0 Å². The summed E-state index contributed by atoms with van der Waals surface area (Å²) in [5, 5.41) is 7.97. The van der Waals surface area contributed by atoms with Gasteiger partial charge < -0.3 is 0 Å². The lowest BCUT2D eigenvalue weighted by molar-refractivity contribution is 0.562. The molecular formula is C8HCl2FNO. The fourth-order valence-corrected chi connectivity index (χ4v) is 1.25. The standard InChI is InChI=1S/C8HCl2FNO/c9-7-4(3-13)1-6(11)8(10)5(7)2-12/h1H. The second-order valence-electron chi connectivity index (χ2n) is 2.12. The Morgan fingerprint density at radius 3 is 2.46 bits per heavy atom. The van der Waals surface area contributed by atoms with Crippen LogP contribution in [0.15, 0.2) is 6.07 Å². The molecule has 2 nitrogen and oxygen atoms in total. The van der Waals surface area contributed by atoms with Gasteiger partial charge in [0.15, 0.2) is 0 Å². The number of rotatable bonds is 1. The number of benzene rings is 1. The summed E-state index contributed by atoms with van der Waals surface area (Å²) < 4.78 is 12.9. The third-order valence-electron chi connectivity index (χ3n) is 1.38. The Hall–Kier alpha value is -1.11. The number of hydrogen-bond acceptors (Lipinski definition) is 2. The van der Waals surface area contributed by atoms with E-state index in [0.717, 1.165) is 6.07 Å². The Bertz CT molecular complexity index is 412. The Balaban J connectivity index is 3.59. The van der Waals surface area contributed by atoms with Gasteiger partial charge in [0.1, 0.15) is 11.9 Å². The van der Waals surface area contributed by atoms with Gasteiger partial charge in [-0.1, -0.05) is 23.2 Å². The van der Waals surface area contributed by atoms with Gasteiger partial charge in [0.05, 0.1) is 15.6 Å². The summed E-state index contributed by atoms with van der Waals surface area (Å²) in [4.78, 5) is 10.2. The molecule has 0 N–H and O–H groups in total. The zero-order chi connectivity index (χ0) is 10.0. The van der Waals surface area contributed by atoms with E-state index in [1.165, 1.54) is 6.29 Å². The molecule has 5 heteroatoms. The van der Waals surface area contributed by atoms with Crippen LogP contribution in [0.4, 0.5) is 4.39 Å². The molecule has 1 rings (SSSR count). The van der Waals surface area contributed by atoms with E-state index in [4.69, 9.17) is 28.5 Å². The van der Waals surface area contributed by atoms with E-state index >= 15 is 0 Å². The van der Waals surface area contributed by atoms with Crippen LogP contribution in [0.25, 0.3) is 0 Å². The first-order valence-electron chi connectivity index (χ1n) is 3.07. The fourth-order valence-electron chi connectivity index (χ4n) is 0.776. The molecular weight excluding hydrogens is 216 g/mol.